The SMILES string of the molecule is CCNC(CCN1CCCC1(C)C)C(C)(C)C. The molecule has 0 aromatic carbocycles. The Hall–Kier alpha value is -0.0800. The molecule has 102 valence electrons. The third-order valence-corrected chi connectivity index (χ3v) is 4.26. The zero-order valence-electron chi connectivity index (χ0n) is 12.8. The molecule has 1 heterocycles. The van der Waals surface area contributed by atoms with E-state index < -0.39 is 0 Å². The first-order valence-corrected chi connectivity index (χ1v) is 7.26. The Labute approximate surface area is 108 Å². The van der Waals surface area contributed by atoms with Gasteiger partial charge in [-0.2, -0.15) is 0 Å². The number of rotatable bonds is 5. The predicted molar refractivity (Wildman–Crippen MR) is 76.4 cm³/mol. The number of nitrogens with one attached hydrogen (secondary N) is 1. The van der Waals surface area contributed by atoms with Crippen molar-refractivity contribution in [1.29, 1.82) is 0 Å². The lowest BCUT2D eigenvalue weighted by Gasteiger charge is -2.36. The monoisotopic (exact) mass is 240 g/mol. The lowest BCUT2D eigenvalue weighted by Crippen LogP contribution is -2.45. The molecule has 1 N–H and O–H groups in total. The Kier molecular flexibility index (Phi) is 5.03. The molecule has 1 atom stereocenters. The van der Waals surface area contributed by atoms with Gasteiger partial charge >= 0.3 is 0 Å². The van der Waals surface area contributed by atoms with Crippen molar-refractivity contribution in [3.05, 3.63) is 0 Å². The van der Waals surface area contributed by atoms with Crippen LogP contribution in [0, 0.1) is 5.41 Å². The van der Waals surface area contributed by atoms with Crippen LogP contribution >= 0.6 is 0 Å². The summed E-state index contributed by atoms with van der Waals surface area (Å²) in [6.07, 6.45) is 3.99. The van der Waals surface area contributed by atoms with Crippen LogP contribution in [0.4, 0.5) is 0 Å². The molecule has 17 heavy (non-hydrogen) atoms. The minimum atomic E-state index is 0.361. The molecule has 2 heteroatoms. The van der Waals surface area contributed by atoms with Crippen molar-refractivity contribution in [3.63, 3.8) is 0 Å². The van der Waals surface area contributed by atoms with E-state index in [1.807, 2.05) is 0 Å². The molecule has 0 amide bonds. The highest BCUT2D eigenvalue weighted by Crippen LogP contribution is 2.29. The summed E-state index contributed by atoms with van der Waals surface area (Å²) in [5, 5.41) is 3.65. The summed E-state index contributed by atoms with van der Waals surface area (Å²) in [6, 6.07) is 0.629. The van der Waals surface area contributed by atoms with Crippen LogP contribution < -0.4 is 5.32 Å². The third-order valence-electron chi connectivity index (χ3n) is 4.26. The Morgan fingerprint density at radius 3 is 2.35 bits per heavy atom. The van der Waals surface area contributed by atoms with Crippen molar-refractivity contribution in [2.24, 2.45) is 5.41 Å². The highest BCUT2D eigenvalue weighted by Gasteiger charge is 2.33. The topological polar surface area (TPSA) is 15.3 Å². The Morgan fingerprint density at radius 2 is 1.94 bits per heavy atom. The van der Waals surface area contributed by atoms with Gasteiger partial charge in [0.15, 0.2) is 0 Å². The molecule has 2 nitrogen and oxygen atoms in total. The van der Waals surface area contributed by atoms with Crippen LogP contribution in [0.3, 0.4) is 0 Å². The molecule has 0 aromatic rings. The normalized spacial score (nSPS) is 22.9. The van der Waals surface area contributed by atoms with Gasteiger partial charge in [0, 0.05) is 18.1 Å². The van der Waals surface area contributed by atoms with Crippen LogP contribution in [0.15, 0.2) is 0 Å². The van der Waals surface area contributed by atoms with E-state index in [2.05, 4.69) is 51.8 Å². The van der Waals surface area contributed by atoms with Gasteiger partial charge in [-0.05, 0) is 51.6 Å². The maximum atomic E-state index is 3.65. The minimum absolute atomic E-state index is 0.361. The predicted octanol–water partition coefficient (Wildman–Crippen LogP) is 3.28. The van der Waals surface area contributed by atoms with Gasteiger partial charge in [-0.3, -0.25) is 4.90 Å². The van der Waals surface area contributed by atoms with E-state index in [0.29, 0.717) is 17.0 Å². The fourth-order valence-electron chi connectivity index (χ4n) is 2.95. The second kappa shape index (κ2) is 5.71. The zero-order valence-corrected chi connectivity index (χ0v) is 12.8. The summed E-state index contributed by atoms with van der Waals surface area (Å²) >= 11 is 0. The van der Waals surface area contributed by atoms with E-state index in [-0.39, 0.29) is 0 Å². The van der Waals surface area contributed by atoms with Crippen LogP contribution in [-0.2, 0) is 0 Å². The highest BCUT2D eigenvalue weighted by atomic mass is 15.2. The van der Waals surface area contributed by atoms with E-state index >= 15 is 0 Å². The van der Waals surface area contributed by atoms with E-state index in [1.54, 1.807) is 0 Å². The molecule has 1 rings (SSSR count). The number of nitrogens with zero attached hydrogens (tertiary/aromatic N) is 1. The number of likely N-dealkylation sites (tertiary alicyclic amines) is 1. The maximum Gasteiger partial charge on any atom is 0.0153 e. The summed E-state index contributed by atoms with van der Waals surface area (Å²) < 4.78 is 0. The first-order chi connectivity index (χ1) is 7.77. The second-order valence-corrected chi connectivity index (χ2v) is 7.17. The van der Waals surface area contributed by atoms with E-state index in [9.17, 15) is 0 Å². The van der Waals surface area contributed by atoms with Gasteiger partial charge in [-0.15, -0.1) is 0 Å². The molecule has 1 aliphatic heterocycles. The van der Waals surface area contributed by atoms with Gasteiger partial charge in [-0.1, -0.05) is 27.7 Å². The summed E-state index contributed by atoms with van der Waals surface area (Å²) in [5.41, 5.74) is 0.786. The smallest absolute Gasteiger partial charge is 0.0153 e. The lowest BCUT2D eigenvalue weighted by atomic mass is 9.84. The molecule has 0 radical (unpaired) electrons. The van der Waals surface area contributed by atoms with Crippen LogP contribution in [0.2, 0.25) is 0 Å². The van der Waals surface area contributed by atoms with E-state index in [4.69, 9.17) is 0 Å². The Bertz CT molecular complexity index is 228. The lowest BCUT2D eigenvalue weighted by molar-refractivity contribution is 0.148. The fourth-order valence-corrected chi connectivity index (χ4v) is 2.95. The molecular weight excluding hydrogens is 208 g/mol. The molecule has 0 aromatic heterocycles. The van der Waals surface area contributed by atoms with Crippen LogP contribution in [0.1, 0.15) is 60.8 Å². The molecule has 0 saturated carbocycles. The third kappa shape index (κ3) is 4.26. The average molecular weight is 240 g/mol. The first kappa shape index (κ1) is 15.0. The van der Waals surface area contributed by atoms with Crippen LogP contribution in [-0.4, -0.2) is 36.1 Å². The summed E-state index contributed by atoms with van der Waals surface area (Å²) in [4.78, 5) is 2.67. The molecule has 0 bridgehead atoms. The highest BCUT2D eigenvalue weighted by molar-refractivity contribution is 4.89. The molecule has 0 aliphatic carbocycles. The van der Waals surface area contributed by atoms with E-state index in [1.165, 1.54) is 32.4 Å². The fraction of sp³-hybridized carbons (Fsp3) is 1.00. The van der Waals surface area contributed by atoms with Gasteiger partial charge in [0.25, 0.3) is 0 Å². The average Bonchev–Trinajstić information content (AvgIpc) is 2.50. The van der Waals surface area contributed by atoms with Gasteiger partial charge in [0.05, 0.1) is 0 Å². The molecule has 1 aliphatic rings. The first-order valence-electron chi connectivity index (χ1n) is 7.26. The maximum absolute atomic E-state index is 3.65. The molecular formula is C15H32N2. The van der Waals surface area contributed by atoms with Crippen molar-refractivity contribution in [2.45, 2.75) is 72.4 Å². The standard InChI is InChI=1S/C15H32N2/c1-7-16-13(14(2,3)4)9-12-17-11-8-10-15(17,5)6/h13,16H,7-12H2,1-6H3. The molecule has 1 fully saturated rings. The van der Waals surface area contributed by atoms with Crippen molar-refractivity contribution in [1.82, 2.24) is 10.2 Å². The van der Waals surface area contributed by atoms with Gasteiger partial charge < -0.3 is 5.32 Å². The molecule has 0 spiro atoms. The number of hydrogen-bond donors (Lipinski definition) is 1. The van der Waals surface area contributed by atoms with Crippen molar-refractivity contribution in [3.8, 4) is 0 Å². The Morgan fingerprint density at radius 1 is 1.29 bits per heavy atom. The van der Waals surface area contributed by atoms with E-state index in [0.717, 1.165) is 6.54 Å². The van der Waals surface area contributed by atoms with Gasteiger partial charge in [0.2, 0.25) is 0 Å². The minimum Gasteiger partial charge on any atom is -0.314 e. The molecule has 1 unspecified atom stereocenters. The summed E-state index contributed by atoms with van der Waals surface area (Å²) in [6.45, 7) is 17.6. The van der Waals surface area contributed by atoms with Crippen molar-refractivity contribution >= 4 is 0 Å². The zero-order chi connectivity index (χ0) is 13.1. The largest absolute Gasteiger partial charge is 0.314 e. The van der Waals surface area contributed by atoms with Gasteiger partial charge in [0.1, 0.15) is 0 Å². The second-order valence-electron chi connectivity index (χ2n) is 7.17. The number of hydrogen-bond acceptors (Lipinski definition) is 2. The molecule has 1 saturated heterocycles. The quantitative estimate of drug-likeness (QED) is 0.793. The Balaban J connectivity index is 2.47. The summed E-state index contributed by atoms with van der Waals surface area (Å²) in [5.74, 6) is 0. The van der Waals surface area contributed by atoms with Crippen LogP contribution in [0.25, 0.3) is 0 Å². The van der Waals surface area contributed by atoms with Crippen molar-refractivity contribution < 1.29 is 0 Å². The van der Waals surface area contributed by atoms with Gasteiger partial charge in [-0.25, -0.2) is 0 Å². The van der Waals surface area contributed by atoms with Crippen LogP contribution in [0.5, 0.6) is 0 Å². The summed E-state index contributed by atoms with van der Waals surface area (Å²) in [7, 11) is 0. The van der Waals surface area contributed by atoms with Crippen molar-refractivity contribution in [2.75, 3.05) is 19.6 Å².